The third kappa shape index (κ3) is 3.89. The molecule has 1 aliphatic heterocycles. The summed E-state index contributed by atoms with van der Waals surface area (Å²) in [6.07, 6.45) is 7.88. The Hall–Kier alpha value is -3.15. The molecule has 0 bridgehead atoms. The molecule has 0 spiro atoms. The zero-order valence-corrected chi connectivity index (χ0v) is 19.8. The second kappa shape index (κ2) is 9.24. The molecule has 0 unspecified atom stereocenters. The molecular weight excluding hydrogens is 426 g/mol. The second-order valence-corrected chi connectivity index (χ2v) is 10.0. The van der Waals surface area contributed by atoms with Crippen LogP contribution in [0.15, 0.2) is 48.5 Å². The van der Waals surface area contributed by atoms with Gasteiger partial charge in [-0.15, -0.1) is 0 Å². The molecule has 0 saturated heterocycles. The fourth-order valence-corrected chi connectivity index (χ4v) is 5.79. The number of fused-ring (bicyclic) bond motifs is 3. The largest absolute Gasteiger partial charge is 0.355 e. The van der Waals surface area contributed by atoms with E-state index in [1.54, 1.807) is 11.9 Å². The van der Waals surface area contributed by atoms with Gasteiger partial charge in [0.2, 0.25) is 11.8 Å². The highest BCUT2D eigenvalue weighted by atomic mass is 16.2. The van der Waals surface area contributed by atoms with Gasteiger partial charge < -0.3 is 15.5 Å². The number of nitrogens with one attached hydrogen (secondary N) is 2. The molecule has 178 valence electrons. The zero-order valence-electron chi connectivity index (χ0n) is 19.8. The third-order valence-electron chi connectivity index (χ3n) is 8.07. The molecule has 6 nitrogen and oxygen atoms in total. The molecule has 34 heavy (non-hydrogen) atoms. The number of nitrogens with zero attached hydrogens (tertiary/aromatic N) is 1. The topological polar surface area (TPSA) is 78.5 Å². The SMILES string of the molecule is CN1C(=O)[C@@H](NC(=O)C2(C(=O)NCCC3CCCC3)CCC2)c2ccccc2-c2ccccc21. The predicted molar refractivity (Wildman–Crippen MR) is 132 cm³/mol. The molecule has 1 heterocycles. The molecule has 2 aromatic rings. The number of likely N-dealkylation sites (N-methyl/N-ethyl adjacent to an activating group) is 1. The number of carbonyl (C=O) groups excluding carboxylic acids is 3. The van der Waals surface area contributed by atoms with Crippen molar-refractivity contribution in [1.82, 2.24) is 10.6 Å². The van der Waals surface area contributed by atoms with Gasteiger partial charge in [-0.1, -0.05) is 74.6 Å². The number of anilines is 1. The molecule has 2 fully saturated rings. The fraction of sp³-hybridized carbons (Fsp3) is 0.464. The van der Waals surface area contributed by atoms with Crippen molar-refractivity contribution in [1.29, 1.82) is 0 Å². The van der Waals surface area contributed by atoms with Crippen molar-refractivity contribution in [3.63, 3.8) is 0 Å². The maximum Gasteiger partial charge on any atom is 0.253 e. The first-order valence-electron chi connectivity index (χ1n) is 12.6. The standard InChI is InChI=1S/C28H33N3O3/c1-31-23-14-7-6-12-21(23)20-11-4-5-13-22(20)24(25(31)32)30-27(34)28(16-8-17-28)26(33)29-18-15-19-9-2-3-10-19/h4-7,11-14,19,24H,2-3,8-10,15-18H2,1H3,(H,29,33)(H,30,34)/t24-/m0/s1. The van der Waals surface area contributed by atoms with Gasteiger partial charge in [-0.2, -0.15) is 0 Å². The number of rotatable bonds is 6. The van der Waals surface area contributed by atoms with E-state index in [1.807, 2.05) is 48.5 Å². The maximum absolute atomic E-state index is 13.6. The van der Waals surface area contributed by atoms with Gasteiger partial charge in [0.25, 0.3) is 5.91 Å². The van der Waals surface area contributed by atoms with Gasteiger partial charge >= 0.3 is 0 Å². The van der Waals surface area contributed by atoms with Crippen LogP contribution in [0.4, 0.5) is 5.69 Å². The lowest BCUT2D eigenvalue weighted by atomic mass is 9.67. The van der Waals surface area contributed by atoms with Crippen molar-refractivity contribution in [3.05, 3.63) is 54.1 Å². The van der Waals surface area contributed by atoms with E-state index < -0.39 is 11.5 Å². The number of para-hydroxylation sites is 1. The highest BCUT2D eigenvalue weighted by Crippen LogP contribution is 2.44. The van der Waals surface area contributed by atoms with E-state index in [0.717, 1.165) is 35.2 Å². The van der Waals surface area contributed by atoms with Crippen molar-refractivity contribution < 1.29 is 14.4 Å². The summed E-state index contributed by atoms with van der Waals surface area (Å²) < 4.78 is 0. The highest BCUT2D eigenvalue weighted by molar-refractivity contribution is 6.10. The Bertz CT molecular complexity index is 1100. The van der Waals surface area contributed by atoms with Crippen LogP contribution in [0.2, 0.25) is 0 Å². The quantitative estimate of drug-likeness (QED) is 0.630. The lowest BCUT2D eigenvalue weighted by molar-refractivity contribution is -0.151. The van der Waals surface area contributed by atoms with Gasteiger partial charge in [0.05, 0.1) is 5.69 Å². The molecule has 1 atom stereocenters. The Labute approximate surface area is 201 Å². The van der Waals surface area contributed by atoms with Crippen molar-refractivity contribution in [3.8, 4) is 11.1 Å². The minimum atomic E-state index is -1.08. The molecule has 2 N–H and O–H groups in total. The highest BCUT2D eigenvalue weighted by Gasteiger charge is 2.52. The number of hydrogen-bond acceptors (Lipinski definition) is 3. The average molecular weight is 460 g/mol. The van der Waals surface area contributed by atoms with E-state index in [1.165, 1.54) is 25.7 Å². The Morgan fingerprint density at radius 3 is 2.32 bits per heavy atom. The normalized spacial score (nSPS) is 21.1. The van der Waals surface area contributed by atoms with Gasteiger partial charge in [0.1, 0.15) is 11.5 Å². The first-order valence-corrected chi connectivity index (χ1v) is 12.6. The first kappa shape index (κ1) is 22.6. The van der Waals surface area contributed by atoms with E-state index in [9.17, 15) is 14.4 Å². The van der Waals surface area contributed by atoms with Gasteiger partial charge in [-0.25, -0.2) is 0 Å². The molecule has 3 amide bonds. The third-order valence-corrected chi connectivity index (χ3v) is 8.07. The molecule has 3 aliphatic rings. The average Bonchev–Trinajstić information content (AvgIpc) is 3.32. The van der Waals surface area contributed by atoms with Crippen LogP contribution in [0, 0.1) is 11.3 Å². The predicted octanol–water partition coefficient (Wildman–Crippen LogP) is 4.35. The lowest BCUT2D eigenvalue weighted by Crippen LogP contribution is -2.57. The lowest BCUT2D eigenvalue weighted by Gasteiger charge is -2.39. The van der Waals surface area contributed by atoms with Crippen LogP contribution in [-0.4, -0.2) is 31.3 Å². The summed E-state index contributed by atoms with van der Waals surface area (Å²) >= 11 is 0. The van der Waals surface area contributed by atoms with Crippen LogP contribution < -0.4 is 15.5 Å². The van der Waals surface area contributed by atoms with Crippen LogP contribution in [0.3, 0.4) is 0 Å². The minimum absolute atomic E-state index is 0.194. The van der Waals surface area contributed by atoms with Crippen molar-refractivity contribution >= 4 is 23.4 Å². The summed E-state index contributed by atoms with van der Waals surface area (Å²) in [5.74, 6) is -0.0597. The van der Waals surface area contributed by atoms with Crippen molar-refractivity contribution in [2.24, 2.45) is 11.3 Å². The van der Waals surface area contributed by atoms with Gasteiger partial charge in [0, 0.05) is 19.2 Å². The second-order valence-electron chi connectivity index (χ2n) is 10.0. The molecular formula is C28H33N3O3. The van der Waals surface area contributed by atoms with Crippen LogP contribution in [0.1, 0.15) is 63.0 Å². The van der Waals surface area contributed by atoms with Crippen LogP contribution >= 0.6 is 0 Å². The molecule has 2 aromatic carbocycles. The van der Waals surface area contributed by atoms with E-state index in [2.05, 4.69) is 10.6 Å². The summed E-state index contributed by atoms with van der Waals surface area (Å²) in [4.78, 5) is 41.9. The summed E-state index contributed by atoms with van der Waals surface area (Å²) in [5.41, 5.74) is 2.36. The monoisotopic (exact) mass is 459 g/mol. The van der Waals surface area contributed by atoms with Crippen LogP contribution in [-0.2, 0) is 14.4 Å². The van der Waals surface area contributed by atoms with E-state index in [0.29, 0.717) is 25.3 Å². The number of carbonyl (C=O) groups is 3. The van der Waals surface area contributed by atoms with Crippen LogP contribution in [0.5, 0.6) is 0 Å². The first-order chi connectivity index (χ1) is 16.5. The number of hydrogen-bond donors (Lipinski definition) is 2. The summed E-state index contributed by atoms with van der Waals surface area (Å²) in [7, 11) is 1.74. The Balaban J connectivity index is 1.37. The molecule has 0 radical (unpaired) electrons. The summed E-state index contributed by atoms with van der Waals surface area (Å²) in [6.45, 7) is 0.613. The Morgan fingerprint density at radius 1 is 0.941 bits per heavy atom. The minimum Gasteiger partial charge on any atom is -0.355 e. The Morgan fingerprint density at radius 2 is 1.62 bits per heavy atom. The van der Waals surface area contributed by atoms with Gasteiger partial charge in [0.15, 0.2) is 0 Å². The molecule has 2 aliphatic carbocycles. The van der Waals surface area contributed by atoms with E-state index >= 15 is 0 Å². The van der Waals surface area contributed by atoms with Gasteiger partial charge in [-0.3, -0.25) is 14.4 Å². The van der Waals surface area contributed by atoms with E-state index in [-0.39, 0.29) is 17.7 Å². The smallest absolute Gasteiger partial charge is 0.253 e. The van der Waals surface area contributed by atoms with Crippen molar-refractivity contribution in [2.75, 3.05) is 18.5 Å². The molecule has 5 rings (SSSR count). The molecule has 2 saturated carbocycles. The van der Waals surface area contributed by atoms with E-state index in [4.69, 9.17) is 0 Å². The molecule has 6 heteroatoms. The van der Waals surface area contributed by atoms with Crippen molar-refractivity contribution in [2.45, 2.75) is 57.4 Å². The number of benzene rings is 2. The fourth-order valence-electron chi connectivity index (χ4n) is 5.79. The molecule has 0 aromatic heterocycles. The zero-order chi connectivity index (χ0) is 23.7. The summed E-state index contributed by atoms with van der Waals surface area (Å²) in [5, 5.41) is 6.04. The Kier molecular flexibility index (Phi) is 6.15. The maximum atomic E-state index is 13.6. The van der Waals surface area contributed by atoms with Gasteiger partial charge in [-0.05, 0) is 42.4 Å². The summed E-state index contributed by atoms with van der Waals surface area (Å²) in [6, 6.07) is 14.6. The number of amides is 3. The van der Waals surface area contributed by atoms with Crippen LogP contribution in [0.25, 0.3) is 11.1 Å².